The topological polar surface area (TPSA) is 437 Å². The van der Waals surface area contributed by atoms with E-state index in [1.807, 2.05) is 0 Å². The van der Waals surface area contributed by atoms with Crippen molar-refractivity contribution in [2.24, 2.45) is 0 Å². The molecule has 0 radical (unpaired) electrons. The Bertz CT molecular complexity index is 3160. The molecule has 3 heterocycles. The maximum atomic E-state index is 14.6. The number of amides is 2. The maximum absolute atomic E-state index is 14.6. The summed E-state index contributed by atoms with van der Waals surface area (Å²) in [4.78, 5) is 70.7. The van der Waals surface area contributed by atoms with Gasteiger partial charge in [-0.25, -0.2) is 4.79 Å². The van der Waals surface area contributed by atoms with Crippen LogP contribution in [0.25, 0.3) is 11.1 Å². The number of aryl methyl sites for hydroxylation is 1. The fourth-order valence-electron chi connectivity index (χ4n) is 11.0. The first-order valence-electron chi connectivity index (χ1n) is 26.0. The first-order valence-corrected chi connectivity index (χ1v) is 26.0. The third kappa shape index (κ3) is 10.9. The number of ether oxygens (including phenoxy) is 8. The summed E-state index contributed by atoms with van der Waals surface area (Å²) in [7, 11) is 2.47. The lowest BCUT2D eigenvalue weighted by molar-refractivity contribution is -0.355. The van der Waals surface area contributed by atoms with Crippen molar-refractivity contribution < 1.29 is 128 Å². The van der Waals surface area contributed by atoms with E-state index in [9.17, 15) is 90.4 Å². The Morgan fingerprint density at radius 2 is 1.30 bits per heavy atom. The smallest absolute Gasteiger partial charge is 0.410 e. The number of hydrogen-bond donors (Lipinski definition) is 14. The van der Waals surface area contributed by atoms with Crippen molar-refractivity contribution >= 4 is 29.5 Å². The number of aliphatic hydroxyl groups is 10. The Hall–Kier alpha value is -6.97. The SMILES string of the molecule is COc1cc(O)c2c(c1)C(=O)c1c(cc3c(c1O)-c1c(cc(C)c(C(=O)N[C@H](C)C(=O)O)c1O[C@@H]1O[C@H](CO)[C@@H](O)[C@H](O)[C@H]1O)[C@H](O[C@@H]1O[C@H](C)[C@H](N(C)C(=O)OCc4ccccc4)[C@H](O[C@@H]4O[C@H](CO)[C@@H](O)[C@H](O)[C@H]4O)[C@H]1O)[C@H]3O)C2=O. The number of aliphatic carboxylic acids is 1. The first-order chi connectivity index (χ1) is 39.3. The Morgan fingerprint density at radius 3 is 1.92 bits per heavy atom. The van der Waals surface area contributed by atoms with Gasteiger partial charge in [0.05, 0.1) is 49.2 Å². The van der Waals surface area contributed by atoms with Gasteiger partial charge in [-0.2, -0.15) is 0 Å². The zero-order valence-electron chi connectivity index (χ0n) is 44.8. The fourth-order valence-corrected chi connectivity index (χ4v) is 11.0. The Kier molecular flexibility index (Phi) is 17.5. The van der Waals surface area contributed by atoms with Crippen molar-refractivity contribution in [2.45, 2.75) is 138 Å². The predicted molar refractivity (Wildman–Crippen MR) is 275 cm³/mol. The molecule has 2 amide bonds. The van der Waals surface area contributed by atoms with Crippen LogP contribution in [0.4, 0.5) is 4.79 Å². The first kappa shape index (κ1) is 60.6. The molecule has 3 fully saturated rings. The molecule has 14 N–H and O–H groups in total. The maximum Gasteiger partial charge on any atom is 0.410 e. The molecule has 0 saturated carbocycles. The predicted octanol–water partition coefficient (Wildman–Crippen LogP) is -1.73. The van der Waals surface area contributed by atoms with Gasteiger partial charge in [-0.1, -0.05) is 36.4 Å². The van der Waals surface area contributed by atoms with Gasteiger partial charge < -0.3 is 114 Å². The van der Waals surface area contributed by atoms with Gasteiger partial charge >= 0.3 is 12.1 Å². The number of carboxylic acids is 1. The molecule has 18 atom stereocenters. The number of aromatic hydroxyl groups is 2. The second kappa shape index (κ2) is 24.0. The van der Waals surface area contributed by atoms with E-state index in [2.05, 4.69) is 5.32 Å². The summed E-state index contributed by atoms with van der Waals surface area (Å²) in [6, 6.07) is 9.78. The van der Waals surface area contributed by atoms with Crippen molar-refractivity contribution in [3.8, 4) is 34.1 Å². The van der Waals surface area contributed by atoms with Crippen LogP contribution >= 0.6 is 0 Å². The summed E-state index contributed by atoms with van der Waals surface area (Å²) in [5.41, 5.74) is -4.39. The minimum Gasteiger partial charge on any atom is -0.507 e. The standard InChI is InChI=1S/C55H62N2O26/c1-18-11-26-33(48(30(18)50(72)56-19(2)51(73)74)82-52-44(69)42(67)39(64)28(15-58)79-52)32-24(14-25-34(41(32)66)37(62)23-12-22(76-5)13-27(60)31(23)36(25)61)38(63)47(26)81-54-46(71)49(83-53-45(70)43(68)40(65)29(16-59)80-53)35(20(3)78-54)57(4)55(75)77-17-21-9-7-6-8-10-21/h6-14,19-20,28-29,35,38-40,42-47,49,52-54,58-60,63-71H,15-17H2,1-5H3,(H,56,72)(H,73,74)/t19-,20-,28-,29-,35+,38+,39-,40-,42+,43+,44-,45-,46-,47+,49+,52+,53+,54+/m1/s1. The highest BCUT2D eigenvalue weighted by atomic mass is 16.7. The number of carbonyl (C=O) groups is 5. The number of nitrogens with zero attached hydrogens (tertiary/aromatic N) is 1. The molecule has 4 aromatic carbocycles. The highest BCUT2D eigenvalue weighted by Gasteiger charge is 2.55. The molecule has 28 nitrogen and oxygen atoms in total. The fraction of sp³-hybridized carbons (Fsp3) is 0.473. The lowest BCUT2D eigenvalue weighted by Gasteiger charge is -2.49. The number of methoxy groups -OCH3 is 1. The molecule has 28 heteroatoms. The van der Waals surface area contributed by atoms with E-state index < -0.39 is 215 Å². The second-order valence-electron chi connectivity index (χ2n) is 20.7. The summed E-state index contributed by atoms with van der Waals surface area (Å²) in [6.45, 7) is 1.68. The second-order valence-corrected chi connectivity index (χ2v) is 20.7. The van der Waals surface area contributed by atoms with Crippen LogP contribution in [-0.2, 0) is 39.8 Å². The highest BCUT2D eigenvalue weighted by Crippen LogP contribution is 2.58. The number of hydrogen-bond acceptors (Lipinski definition) is 25. The number of phenols is 2. The van der Waals surface area contributed by atoms with Crippen LogP contribution in [0, 0.1) is 6.92 Å². The molecule has 2 aliphatic carbocycles. The van der Waals surface area contributed by atoms with E-state index >= 15 is 0 Å². The van der Waals surface area contributed by atoms with Crippen LogP contribution in [0.3, 0.4) is 0 Å². The van der Waals surface area contributed by atoms with E-state index in [1.54, 1.807) is 30.3 Å². The number of fused-ring (bicyclic) bond motifs is 5. The minimum absolute atomic E-state index is 0.0794. The average molecular weight is 1170 g/mol. The van der Waals surface area contributed by atoms with Crippen molar-refractivity contribution in [3.63, 3.8) is 0 Å². The molecule has 9 rings (SSSR count). The molecule has 0 aromatic heterocycles. The van der Waals surface area contributed by atoms with Gasteiger partial charge in [-0.3, -0.25) is 19.2 Å². The summed E-state index contributed by atoms with van der Waals surface area (Å²) >= 11 is 0. The molecule has 4 aromatic rings. The molecule has 83 heavy (non-hydrogen) atoms. The third-order valence-corrected chi connectivity index (χ3v) is 15.4. The van der Waals surface area contributed by atoms with E-state index in [0.717, 1.165) is 30.0 Å². The molecule has 448 valence electrons. The normalized spacial score (nSPS) is 31.3. The van der Waals surface area contributed by atoms with Gasteiger partial charge in [0.15, 0.2) is 24.1 Å². The molecule has 3 saturated heterocycles. The Balaban J connectivity index is 1.22. The number of rotatable bonds is 15. The van der Waals surface area contributed by atoms with Crippen LogP contribution in [0.5, 0.6) is 23.0 Å². The van der Waals surface area contributed by atoms with Crippen LogP contribution < -0.4 is 14.8 Å². The number of ketones is 2. The van der Waals surface area contributed by atoms with E-state index in [-0.39, 0.29) is 23.5 Å². The van der Waals surface area contributed by atoms with Gasteiger partial charge in [0.2, 0.25) is 6.29 Å². The van der Waals surface area contributed by atoms with E-state index in [4.69, 9.17) is 37.9 Å². The van der Waals surface area contributed by atoms with Gasteiger partial charge in [0.1, 0.15) is 109 Å². The minimum atomic E-state index is -2.22. The molecule has 0 spiro atoms. The lowest BCUT2D eigenvalue weighted by atomic mass is 9.74. The summed E-state index contributed by atoms with van der Waals surface area (Å²) in [5, 5.41) is 147. The molecule has 0 bridgehead atoms. The van der Waals surface area contributed by atoms with Crippen molar-refractivity contribution in [3.05, 3.63) is 105 Å². The molecule has 3 aliphatic heterocycles. The zero-order valence-corrected chi connectivity index (χ0v) is 44.8. The van der Waals surface area contributed by atoms with E-state index in [1.165, 1.54) is 34.1 Å². The summed E-state index contributed by atoms with van der Waals surface area (Å²) in [5.74, 6) is -7.50. The lowest BCUT2D eigenvalue weighted by Crippen LogP contribution is -2.67. The largest absolute Gasteiger partial charge is 0.507 e. The summed E-state index contributed by atoms with van der Waals surface area (Å²) in [6.07, 6.45) is -32.1. The molecular formula is C55H62N2O26. The molecular weight excluding hydrogens is 1100 g/mol. The average Bonchev–Trinajstić information content (AvgIpc) is 1.06. The van der Waals surface area contributed by atoms with Gasteiger partial charge in [-0.15, -0.1) is 0 Å². The Morgan fingerprint density at radius 1 is 0.711 bits per heavy atom. The van der Waals surface area contributed by atoms with Crippen LogP contribution in [0.2, 0.25) is 0 Å². The molecule has 0 unspecified atom stereocenters. The van der Waals surface area contributed by atoms with Gasteiger partial charge in [0, 0.05) is 35.4 Å². The van der Waals surface area contributed by atoms with Crippen molar-refractivity contribution in [1.29, 1.82) is 0 Å². The van der Waals surface area contributed by atoms with Crippen molar-refractivity contribution in [1.82, 2.24) is 10.2 Å². The van der Waals surface area contributed by atoms with Gasteiger partial charge in [0.25, 0.3) is 5.91 Å². The zero-order chi connectivity index (χ0) is 60.4. The number of aliphatic hydroxyl groups excluding tert-OH is 10. The highest BCUT2D eigenvalue weighted by molar-refractivity contribution is 6.31. The molecule has 5 aliphatic rings. The number of carbonyl (C=O) groups excluding carboxylic acids is 4. The number of likely N-dealkylation sites (N-methyl/N-ethyl adjacent to an activating group) is 1. The van der Waals surface area contributed by atoms with E-state index in [0.29, 0.717) is 5.56 Å². The summed E-state index contributed by atoms with van der Waals surface area (Å²) < 4.78 is 47.5. The Labute approximate surface area is 470 Å². The monoisotopic (exact) mass is 1170 g/mol. The number of carboxylic acid groups (broad SMARTS) is 1. The number of phenolic OH excluding ortho intramolecular Hbond substituents is 2. The third-order valence-electron chi connectivity index (χ3n) is 15.4. The quantitative estimate of drug-likeness (QED) is 0.0554. The van der Waals surface area contributed by atoms with Crippen molar-refractivity contribution in [2.75, 3.05) is 27.4 Å². The van der Waals surface area contributed by atoms with Crippen LogP contribution in [0.1, 0.15) is 90.5 Å². The van der Waals surface area contributed by atoms with Gasteiger partial charge in [-0.05, 0) is 55.2 Å². The van der Waals surface area contributed by atoms with Crippen LogP contribution in [-0.4, -0.2) is 226 Å². The number of benzene rings is 4. The number of nitrogens with one attached hydrogen (secondary N) is 1. The van der Waals surface area contributed by atoms with Crippen LogP contribution in [0.15, 0.2) is 54.6 Å².